The van der Waals surface area contributed by atoms with Crippen molar-refractivity contribution < 1.29 is 12.8 Å². The van der Waals surface area contributed by atoms with Crippen LogP contribution in [0.4, 0.5) is 10.1 Å². The molecule has 0 atom stereocenters. The summed E-state index contributed by atoms with van der Waals surface area (Å²) in [7, 11) is -3.91. The Balaban J connectivity index is 2.49. The second kappa shape index (κ2) is 5.79. The van der Waals surface area contributed by atoms with Crippen molar-refractivity contribution in [3.8, 4) is 0 Å². The molecule has 0 heterocycles. The van der Waals surface area contributed by atoms with Crippen molar-refractivity contribution in [2.45, 2.75) is 11.8 Å². The van der Waals surface area contributed by atoms with E-state index in [2.05, 4.69) is 4.72 Å². The van der Waals surface area contributed by atoms with Gasteiger partial charge < -0.3 is 5.73 Å². The van der Waals surface area contributed by atoms with Gasteiger partial charge in [0.1, 0.15) is 10.8 Å². The van der Waals surface area contributed by atoms with Crippen molar-refractivity contribution in [2.24, 2.45) is 5.73 Å². The molecule has 2 aromatic carbocycles. The number of hydrogen-bond donors (Lipinski definition) is 2. The third-order valence-corrected chi connectivity index (χ3v) is 4.60. The van der Waals surface area contributed by atoms with E-state index >= 15 is 0 Å². The van der Waals surface area contributed by atoms with Crippen molar-refractivity contribution in [2.75, 3.05) is 4.72 Å². The molecule has 0 spiro atoms. The van der Waals surface area contributed by atoms with Crippen LogP contribution in [0.3, 0.4) is 0 Å². The molecule has 2 aromatic rings. The molecule has 0 saturated heterocycles. The van der Waals surface area contributed by atoms with Crippen LogP contribution < -0.4 is 10.5 Å². The zero-order valence-electron chi connectivity index (χ0n) is 11.1. The zero-order valence-corrected chi connectivity index (χ0v) is 12.8. The Morgan fingerprint density at radius 1 is 1.19 bits per heavy atom. The summed E-state index contributed by atoms with van der Waals surface area (Å²) in [6, 6.07) is 10.3. The molecular formula is C14H13FN2O2S2. The number of rotatable bonds is 4. The predicted molar refractivity (Wildman–Crippen MR) is 84.3 cm³/mol. The van der Waals surface area contributed by atoms with Crippen LogP contribution in [0, 0.1) is 12.7 Å². The molecule has 21 heavy (non-hydrogen) atoms. The third-order valence-electron chi connectivity index (χ3n) is 2.95. The summed E-state index contributed by atoms with van der Waals surface area (Å²) in [6.07, 6.45) is 0. The van der Waals surface area contributed by atoms with Gasteiger partial charge >= 0.3 is 0 Å². The van der Waals surface area contributed by atoms with Crippen molar-refractivity contribution in [1.82, 2.24) is 0 Å². The van der Waals surface area contributed by atoms with Crippen molar-refractivity contribution in [3.05, 3.63) is 59.4 Å². The first-order valence-corrected chi connectivity index (χ1v) is 7.89. The SMILES string of the molecule is Cc1c(F)cccc1NS(=O)(=O)c1ccccc1C(N)=S. The maximum atomic E-state index is 13.5. The Bertz CT molecular complexity index is 804. The Morgan fingerprint density at radius 3 is 2.52 bits per heavy atom. The van der Waals surface area contributed by atoms with Gasteiger partial charge in [0, 0.05) is 11.1 Å². The van der Waals surface area contributed by atoms with E-state index in [0.29, 0.717) is 0 Å². The molecule has 3 N–H and O–H groups in total. The van der Waals surface area contributed by atoms with Gasteiger partial charge in [0.25, 0.3) is 10.0 Å². The van der Waals surface area contributed by atoms with Crippen molar-refractivity contribution in [3.63, 3.8) is 0 Å². The molecule has 4 nitrogen and oxygen atoms in total. The summed E-state index contributed by atoms with van der Waals surface area (Å²) >= 11 is 4.86. The smallest absolute Gasteiger partial charge is 0.262 e. The van der Waals surface area contributed by atoms with Gasteiger partial charge in [-0.2, -0.15) is 0 Å². The molecule has 0 aliphatic heterocycles. The average molecular weight is 324 g/mol. The van der Waals surface area contributed by atoms with Crippen LogP contribution in [0.15, 0.2) is 47.4 Å². The molecule has 0 saturated carbocycles. The second-order valence-electron chi connectivity index (χ2n) is 4.38. The lowest BCUT2D eigenvalue weighted by Gasteiger charge is -2.13. The minimum Gasteiger partial charge on any atom is -0.389 e. The number of halogens is 1. The Kier molecular flexibility index (Phi) is 4.24. The quantitative estimate of drug-likeness (QED) is 0.848. The Hall–Kier alpha value is -1.99. The number of sulfonamides is 1. The molecule has 0 bridgehead atoms. The molecule has 7 heteroatoms. The maximum Gasteiger partial charge on any atom is 0.262 e. The highest BCUT2D eigenvalue weighted by Gasteiger charge is 2.20. The van der Waals surface area contributed by atoms with E-state index in [4.69, 9.17) is 18.0 Å². The normalized spacial score (nSPS) is 11.1. The van der Waals surface area contributed by atoms with Crippen LogP contribution in [-0.2, 0) is 10.0 Å². The lowest BCUT2D eigenvalue weighted by Crippen LogP contribution is -2.20. The summed E-state index contributed by atoms with van der Waals surface area (Å²) in [5.74, 6) is -0.488. The number of nitrogens with one attached hydrogen (secondary N) is 1. The average Bonchev–Trinajstić information content (AvgIpc) is 2.44. The largest absolute Gasteiger partial charge is 0.389 e. The van der Waals surface area contributed by atoms with Crippen molar-refractivity contribution in [1.29, 1.82) is 0 Å². The monoisotopic (exact) mass is 324 g/mol. The highest BCUT2D eigenvalue weighted by atomic mass is 32.2. The molecule has 0 amide bonds. The summed E-state index contributed by atoms with van der Waals surface area (Å²) < 4.78 is 40.7. The number of anilines is 1. The molecule has 110 valence electrons. The minimum absolute atomic E-state index is 0.0214. The van der Waals surface area contributed by atoms with Crippen LogP contribution in [0.5, 0.6) is 0 Å². The predicted octanol–water partition coefficient (Wildman–Crippen LogP) is 2.57. The summed E-state index contributed by atoms with van der Waals surface area (Å²) in [5.41, 5.74) is 6.17. The summed E-state index contributed by atoms with van der Waals surface area (Å²) in [5, 5.41) is 0. The Morgan fingerprint density at radius 2 is 1.86 bits per heavy atom. The van der Waals surface area contributed by atoms with Gasteiger partial charge in [-0.1, -0.05) is 36.5 Å². The van der Waals surface area contributed by atoms with Crippen LogP contribution in [-0.4, -0.2) is 13.4 Å². The molecule has 0 radical (unpaired) electrons. The van der Waals surface area contributed by atoms with Gasteiger partial charge in [-0.05, 0) is 25.1 Å². The lowest BCUT2D eigenvalue weighted by molar-refractivity contribution is 0.600. The number of nitrogens with two attached hydrogens (primary N) is 1. The first-order valence-electron chi connectivity index (χ1n) is 5.99. The van der Waals surface area contributed by atoms with Crippen LogP contribution >= 0.6 is 12.2 Å². The molecular weight excluding hydrogens is 311 g/mol. The first-order chi connectivity index (χ1) is 9.83. The number of benzene rings is 2. The molecule has 2 rings (SSSR count). The van der Waals surface area contributed by atoms with Gasteiger partial charge in [0.15, 0.2) is 0 Å². The minimum atomic E-state index is -3.91. The number of hydrogen-bond acceptors (Lipinski definition) is 3. The van der Waals surface area contributed by atoms with E-state index in [1.807, 2.05) is 0 Å². The second-order valence-corrected chi connectivity index (χ2v) is 6.47. The first kappa shape index (κ1) is 15.4. The van der Waals surface area contributed by atoms with Crippen LogP contribution in [0.2, 0.25) is 0 Å². The molecule has 0 aromatic heterocycles. The van der Waals surface area contributed by atoms with Gasteiger partial charge in [-0.25, -0.2) is 12.8 Å². The molecule has 0 fully saturated rings. The molecule has 0 unspecified atom stereocenters. The van der Waals surface area contributed by atoms with E-state index < -0.39 is 15.8 Å². The summed E-state index contributed by atoms with van der Waals surface area (Å²) in [4.78, 5) is -0.0619. The van der Waals surface area contributed by atoms with E-state index in [1.165, 1.54) is 37.3 Å². The number of thiocarbonyl (C=S) groups is 1. The standard InChI is InChI=1S/C14H13FN2O2S2/c1-9-11(15)6-4-7-12(9)17-21(18,19)13-8-3-2-5-10(13)14(16)20/h2-8,17H,1H3,(H2,16,20). The van der Waals surface area contributed by atoms with E-state index in [1.54, 1.807) is 12.1 Å². The lowest BCUT2D eigenvalue weighted by atomic mass is 10.2. The highest BCUT2D eigenvalue weighted by molar-refractivity contribution is 7.93. The van der Waals surface area contributed by atoms with Crippen LogP contribution in [0.25, 0.3) is 0 Å². The van der Waals surface area contributed by atoms with Gasteiger partial charge in [-0.15, -0.1) is 0 Å². The fourth-order valence-corrected chi connectivity index (χ4v) is 3.41. The van der Waals surface area contributed by atoms with Crippen molar-refractivity contribution >= 4 is 32.9 Å². The van der Waals surface area contributed by atoms with Crippen LogP contribution in [0.1, 0.15) is 11.1 Å². The topological polar surface area (TPSA) is 72.2 Å². The van der Waals surface area contributed by atoms with E-state index in [0.717, 1.165) is 0 Å². The Labute approximate surface area is 127 Å². The van der Waals surface area contributed by atoms with Gasteiger partial charge in [0.2, 0.25) is 0 Å². The molecule has 0 aliphatic carbocycles. The zero-order chi connectivity index (χ0) is 15.6. The van der Waals surface area contributed by atoms with E-state index in [9.17, 15) is 12.8 Å². The van der Waals surface area contributed by atoms with Gasteiger partial charge in [-0.3, -0.25) is 4.72 Å². The third kappa shape index (κ3) is 3.20. The fourth-order valence-electron chi connectivity index (χ4n) is 1.82. The maximum absolute atomic E-state index is 13.5. The van der Waals surface area contributed by atoms with Gasteiger partial charge in [0.05, 0.1) is 10.6 Å². The fraction of sp³-hybridized carbons (Fsp3) is 0.0714. The van der Waals surface area contributed by atoms with E-state index in [-0.39, 0.29) is 26.7 Å². The highest BCUT2D eigenvalue weighted by Crippen LogP contribution is 2.23. The molecule has 0 aliphatic rings. The summed E-state index contributed by atoms with van der Waals surface area (Å²) in [6.45, 7) is 1.49.